The molecule has 0 aliphatic carbocycles. The van der Waals surface area contributed by atoms with E-state index in [1.807, 2.05) is 0 Å². The van der Waals surface area contributed by atoms with E-state index in [-0.39, 0.29) is 38.2 Å². The van der Waals surface area contributed by atoms with Gasteiger partial charge in [0.2, 0.25) is 0 Å². The molecule has 25 heavy (non-hydrogen) atoms. The molecule has 10 heteroatoms. The Bertz CT molecular complexity index is 479. The summed E-state index contributed by atoms with van der Waals surface area (Å²) in [5.41, 5.74) is 0.627. The molecular formula is C15H26N2O8. The van der Waals surface area contributed by atoms with Gasteiger partial charge in [0.05, 0.1) is 30.3 Å². The van der Waals surface area contributed by atoms with Gasteiger partial charge in [0.1, 0.15) is 6.10 Å². The summed E-state index contributed by atoms with van der Waals surface area (Å²) in [6.45, 7) is 0.0571. The lowest BCUT2D eigenvalue weighted by atomic mass is 10.1. The summed E-state index contributed by atoms with van der Waals surface area (Å²) in [6, 6.07) is 0. The van der Waals surface area contributed by atoms with Crippen LogP contribution < -0.4 is 0 Å². The molecule has 144 valence electrons. The average Bonchev–Trinajstić information content (AvgIpc) is 2.54. The molecule has 0 fully saturated rings. The van der Waals surface area contributed by atoms with E-state index in [9.17, 15) is 15.3 Å². The van der Waals surface area contributed by atoms with E-state index < -0.39 is 24.5 Å². The van der Waals surface area contributed by atoms with Crippen LogP contribution in [0.4, 0.5) is 0 Å². The van der Waals surface area contributed by atoms with E-state index in [0.717, 1.165) is 0 Å². The molecule has 0 aromatic carbocycles. The van der Waals surface area contributed by atoms with Gasteiger partial charge in [0, 0.05) is 25.6 Å². The summed E-state index contributed by atoms with van der Waals surface area (Å²) in [6.07, 6.45) is -0.841. The minimum atomic E-state index is -2.71. The Kier molecular flexibility index (Phi) is 9.32. The molecule has 7 N–H and O–H groups in total. The van der Waals surface area contributed by atoms with Crippen molar-refractivity contribution in [1.29, 1.82) is 0 Å². The summed E-state index contributed by atoms with van der Waals surface area (Å²) < 4.78 is 4.96. The van der Waals surface area contributed by atoms with Crippen molar-refractivity contribution in [2.45, 2.75) is 56.6 Å². The lowest BCUT2D eigenvalue weighted by molar-refractivity contribution is -0.314. The summed E-state index contributed by atoms with van der Waals surface area (Å²) in [7, 11) is 0. The Balaban J connectivity index is 2.45. The van der Waals surface area contributed by atoms with Gasteiger partial charge in [0.25, 0.3) is 5.97 Å². The van der Waals surface area contributed by atoms with Gasteiger partial charge in [0.15, 0.2) is 6.29 Å². The zero-order valence-electron chi connectivity index (χ0n) is 13.8. The van der Waals surface area contributed by atoms with Crippen LogP contribution >= 0.6 is 0 Å². The number of hydrogen-bond acceptors (Lipinski definition) is 10. The molecule has 0 spiro atoms. The molecule has 1 rings (SSSR count). The number of aromatic nitrogens is 2. The molecule has 0 bridgehead atoms. The van der Waals surface area contributed by atoms with Gasteiger partial charge in [-0.15, -0.1) is 0 Å². The summed E-state index contributed by atoms with van der Waals surface area (Å²) in [5, 5.41) is 64.5. The summed E-state index contributed by atoms with van der Waals surface area (Å²) >= 11 is 0. The maximum Gasteiger partial charge on any atom is 0.275 e. The minimum Gasteiger partial charge on any atom is -0.396 e. The van der Waals surface area contributed by atoms with Crippen molar-refractivity contribution in [3.63, 3.8) is 0 Å². The molecule has 1 aromatic heterocycles. The van der Waals surface area contributed by atoms with E-state index in [2.05, 4.69) is 9.97 Å². The first kappa shape index (κ1) is 21.8. The normalized spacial score (nSPS) is 15.8. The number of aliphatic hydroxyl groups is 7. The fourth-order valence-corrected chi connectivity index (χ4v) is 2.04. The van der Waals surface area contributed by atoms with Gasteiger partial charge < -0.3 is 40.5 Å². The standard InChI is InChI=1S/C15H26N2O8/c18-5-2-6-25-13(20)7-12(19)14(21)11-9-16-10(8-17-11)3-1-4-15(22,23)24/h8-9,12-14,18-24H,1-7H2. The van der Waals surface area contributed by atoms with Gasteiger partial charge in [-0.1, -0.05) is 0 Å². The largest absolute Gasteiger partial charge is 0.396 e. The second kappa shape index (κ2) is 10.7. The fraction of sp³-hybridized carbons (Fsp3) is 0.733. The second-order valence-electron chi connectivity index (χ2n) is 5.71. The van der Waals surface area contributed by atoms with Gasteiger partial charge >= 0.3 is 0 Å². The molecule has 0 amide bonds. The highest BCUT2D eigenvalue weighted by Crippen LogP contribution is 2.18. The van der Waals surface area contributed by atoms with E-state index in [0.29, 0.717) is 18.5 Å². The number of rotatable bonds is 12. The fourth-order valence-electron chi connectivity index (χ4n) is 2.04. The van der Waals surface area contributed by atoms with Crippen molar-refractivity contribution in [2.24, 2.45) is 0 Å². The molecule has 0 saturated heterocycles. The highest BCUT2D eigenvalue weighted by molar-refractivity contribution is 5.06. The number of aliphatic hydroxyl groups excluding tert-OH is 4. The molecule has 0 saturated carbocycles. The molecule has 0 radical (unpaired) electrons. The van der Waals surface area contributed by atoms with Crippen LogP contribution in [0.5, 0.6) is 0 Å². The second-order valence-corrected chi connectivity index (χ2v) is 5.71. The van der Waals surface area contributed by atoms with Crippen molar-refractivity contribution in [1.82, 2.24) is 9.97 Å². The topological polar surface area (TPSA) is 177 Å². The molecule has 0 aliphatic rings. The number of aryl methyl sites for hydroxylation is 1. The van der Waals surface area contributed by atoms with Gasteiger partial charge in [-0.25, -0.2) is 0 Å². The van der Waals surface area contributed by atoms with Crippen molar-refractivity contribution in [3.8, 4) is 0 Å². The van der Waals surface area contributed by atoms with Crippen LogP contribution in [0, 0.1) is 0 Å². The van der Waals surface area contributed by atoms with E-state index in [4.69, 9.17) is 25.2 Å². The Labute approximate surface area is 145 Å². The Hall–Kier alpha value is -1.24. The zero-order chi connectivity index (χ0) is 18.9. The van der Waals surface area contributed by atoms with Crippen molar-refractivity contribution in [2.75, 3.05) is 13.2 Å². The third-order valence-corrected chi connectivity index (χ3v) is 3.39. The third-order valence-electron chi connectivity index (χ3n) is 3.39. The minimum absolute atomic E-state index is 0.0737. The molecule has 1 aromatic rings. The molecule has 3 atom stereocenters. The van der Waals surface area contributed by atoms with E-state index in [1.54, 1.807) is 0 Å². The van der Waals surface area contributed by atoms with Crippen molar-refractivity contribution in [3.05, 3.63) is 23.8 Å². The van der Waals surface area contributed by atoms with Crippen molar-refractivity contribution < 1.29 is 40.5 Å². The van der Waals surface area contributed by atoms with Crippen LogP contribution in [0.3, 0.4) is 0 Å². The predicted octanol–water partition coefficient (Wildman–Crippen LogP) is -2.07. The first-order valence-electron chi connectivity index (χ1n) is 7.97. The van der Waals surface area contributed by atoms with Crippen LogP contribution in [-0.2, 0) is 11.2 Å². The van der Waals surface area contributed by atoms with Crippen LogP contribution in [0.15, 0.2) is 12.4 Å². The quantitative estimate of drug-likeness (QED) is 0.161. The highest BCUT2D eigenvalue weighted by atomic mass is 16.7. The van der Waals surface area contributed by atoms with Crippen LogP contribution in [0.2, 0.25) is 0 Å². The first-order valence-corrected chi connectivity index (χ1v) is 7.97. The SMILES string of the molecule is OCCCOC(O)CC(O)C(O)c1cnc(CCCC(O)(O)O)cn1. The third kappa shape index (κ3) is 9.14. The Morgan fingerprint density at radius 2 is 1.76 bits per heavy atom. The molecule has 3 unspecified atom stereocenters. The van der Waals surface area contributed by atoms with Gasteiger partial charge in [-0.2, -0.15) is 0 Å². The molecular weight excluding hydrogens is 336 g/mol. The van der Waals surface area contributed by atoms with Crippen molar-refractivity contribution >= 4 is 0 Å². The van der Waals surface area contributed by atoms with Crippen LogP contribution in [-0.4, -0.2) is 77.3 Å². The number of ether oxygens (including phenoxy) is 1. The van der Waals surface area contributed by atoms with Gasteiger partial charge in [-0.05, 0) is 19.3 Å². The highest BCUT2D eigenvalue weighted by Gasteiger charge is 2.23. The van der Waals surface area contributed by atoms with Crippen LogP contribution in [0.25, 0.3) is 0 Å². The number of nitrogens with zero attached hydrogens (tertiary/aromatic N) is 2. The monoisotopic (exact) mass is 362 g/mol. The Morgan fingerprint density at radius 3 is 2.32 bits per heavy atom. The van der Waals surface area contributed by atoms with E-state index >= 15 is 0 Å². The predicted molar refractivity (Wildman–Crippen MR) is 83.6 cm³/mol. The average molecular weight is 362 g/mol. The summed E-state index contributed by atoms with van der Waals surface area (Å²) in [5.74, 6) is -2.71. The first-order chi connectivity index (χ1) is 11.7. The van der Waals surface area contributed by atoms with E-state index in [1.165, 1.54) is 12.4 Å². The molecule has 1 heterocycles. The lowest BCUT2D eigenvalue weighted by Gasteiger charge is -2.20. The molecule has 0 aliphatic heterocycles. The van der Waals surface area contributed by atoms with Gasteiger partial charge in [-0.3, -0.25) is 9.97 Å². The summed E-state index contributed by atoms with van der Waals surface area (Å²) in [4.78, 5) is 8.02. The lowest BCUT2D eigenvalue weighted by Crippen LogP contribution is -2.27. The zero-order valence-corrected chi connectivity index (χ0v) is 13.8. The maximum atomic E-state index is 10.0. The Morgan fingerprint density at radius 1 is 1.04 bits per heavy atom. The smallest absolute Gasteiger partial charge is 0.275 e. The van der Waals surface area contributed by atoms with Crippen LogP contribution in [0.1, 0.15) is 43.2 Å². The maximum absolute atomic E-state index is 10.0. The molecule has 10 nitrogen and oxygen atoms in total. The number of hydrogen-bond donors (Lipinski definition) is 7.